The first-order valence-corrected chi connectivity index (χ1v) is 9.21. The first-order valence-electron chi connectivity index (χ1n) is 9.21. The van der Waals surface area contributed by atoms with E-state index in [-0.39, 0.29) is 11.7 Å². The molecule has 1 amide bonds. The van der Waals surface area contributed by atoms with Crippen LogP contribution in [-0.2, 0) is 6.54 Å². The Kier molecular flexibility index (Phi) is 4.87. The Morgan fingerprint density at radius 3 is 2.56 bits per heavy atom. The number of nitrogens with zero attached hydrogens (tertiary/aromatic N) is 5. The number of pyridine rings is 1. The maximum absolute atomic E-state index is 12.6. The van der Waals surface area contributed by atoms with Gasteiger partial charge in [-0.1, -0.05) is 12.1 Å². The molecule has 1 saturated heterocycles. The van der Waals surface area contributed by atoms with E-state index in [1.807, 2.05) is 37.4 Å². The largest absolute Gasteiger partial charge is 0.319 e. The molecule has 1 N–H and O–H groups in total. The van der Waals surface area contributed by atoms with Crippen molar-refractivity contribution in [1.29, 1.82) is 0 Å². The Morgan fingerprint density at radius 2 is 1.81 bits per heavy atom. The Morgan fingerprint density at radius 1 is 1.07 bits per heavy atom. The van der Waals surface area contributed by atoms with Crippen LogP contribution < -0.4 is 5.32 Å². The molecule has 0 aliphatic carbocycles. The normalized spacial score (nSPS) is 15.9. The molecule has 1 aromatic carbocycles. The van der Waals surface area contributed by atoms with Crippen LogP contribution in [0.4, 0.5) is 5.69 Å². The molecule has 1 aliphatic rings. The van der Waals surface area contributed by atoms with Gasteiger partial charge in [0.05, 0.1) is 0 Å². The second-order valence-electron chi connectivity index (χ2n) is 7.19. The lowest BCUT2D eigenvalue weighted by Crippen LogP contribution is -2.43. The molecule has 7 heteroatoms. The minimum absolute atomic E-state index is 0.266. The van der Waals surface area contributed by atoms with E-state index in [2.05, 4.69) is 44.5 Å². The van der Waals surface area contributed by atoms with Gasteiger partial charge in [-0.3, -0.25) is 14.1 Å². The number of benzene rings is 1. The van der Waals surface area contributed by atoms with Crippen LogP contribution in [-0.4, -0.2) is 63.5 Å². The number of aromatic nitrogens is 3. The quantitative estimate of drug-likeness (QED) is 0.767. The maximum Gasteiger partial charge on any atom is 0.293 e. The summed E-state index contributed by atoms with van der Waals surface area (Å²) in [6.07, 6.45) is 1.82. The van der Waals surface area contributed by atoms with Crippen LogP contribution in [0.3, 0.4) is 0 Å². The fourth-order valence-electron chi connectivity index (χ4n) is 3.29. The Labute approximate surface area is 158 Å². The van der Waals surface area contributed by atoms with Gasteiger partial charge in [0.1, 0.15) is 0 Å². The lowest BCUT2D eigenvalue weighted by Gasteiger charge is -2.32. The molecule has 3 heterocycles. The van der Waals surface area contributed by atoms with Crippen molar-refractivity contribution in [3.8, 4) is 0 Å². The number of piperazine rings is 1. The summed E-state index contributed by atoms with van der Waals surface area (Å²) < 4.78 is 1.70. The maximum atomic E-state index is 12.6. The molecule has 1 aliphatic heterocycles. The van der Waals surface area contributed by atoms with E-state index in [0.717, 1.165) is 44.0 Å². The van der Waals surface area contributed by atoms with Crippen molar-refractivity contribution >= 4 is 17.2 Å². The third-order valence-electron chi connectivity index (χ3n) is 4.98. The van der Waals surface area contributed by atoms with Crippen molar-refractivity contribution in [2.45, 2.75) is 13.5 Å². The molecule has 2 aromatic heterocycles. The van der Waals surface area contributed by atoms with Gasteiger partial charge in [-0.15, -0.1) is 10.2 Å². The second-order valence-corrected chi connectivity index (χ2v) is 7.19. The number of carbonyl (C=O) groups excluding carboxylic acids is 1. The highest BCUT2D eigenvalue weighted by Crippen LogP contribution is 2.14. The highest BCUT2D eigenvalue weighted by molar-refractivity contribution is 6.02. The van der Waals surface area contributed by atoms with Crippen LogP contribution in [0.1, 0.15) is 21.7 Å². The van der Waals surface area contributed by atoms with E-state index in [9.17, 15) is 4.79 Å². The summed E-state index contributed by atoms with van der Waals surface area (Å²) in [5, 5.41) is 11.0. The van der Waals surface area contributed by atoms with E-state index in [1.54, 1.807) is 4.40 Å². The van der Waals surface area contributed by atoms with Gasteiger partial charge in [0.15, 0.2) is 5.65 Å². The van der Waals surface area contributed by atoms with Crippen molar-refractivity contribution in [1.82, 2.24) is 24.4 Å². The van der Waals surface area contributed by atoms with Gasteiger partial charge in [-0.2, -0.15) is 0 Å². The highest BCUT2D eigenvalue weighted by atomic mass is 16.2. The lowest BCUT2D eigenvalue weighted by molar-refractivity contribution is 0.101. The van der Waals surface area contributed by atoms with Crippen molar-refractivity contribution in [3.63, 3.8) is 0 Å². The molecular formula is C20H24N6O. The predicted octanol–water partition coefficient (Wildman–Crippen LogP) is 2.04. The summed E-state index contributed by atoms with van der Waals surface area (Å²) in [6.45, 7) is 7.33. The number of fused-ring (bicyclic) bond motifs is 1. The summed E-state index contributed by atoms with van der Waals surface area (Å²) in [7, 11) is 2.16. The molecule has 0 bridgehead atoms. The van der Waals surface area contributed by atoms with E-state index >= 15 is 0 Å². The van der Waals surface area contributed by atoms with E-state index in [0.29, 0.717) is 5.65 Å². The van der Waals surface area contributed by atoms with Gasteiger partial charge in [0.25, 0.3) is 5.91 Å². The zero-order valence-electron chi connectivity index (χ0n) is 15.7. The molecule has 0 spiro atoms. The van der Waals surface area contributed by atoms with Crippen LogP contribution in [0.2, 0.25) is 0 Å². The number of likely N-dealkylation sites (N-methyl/N-ethyl adjacent to an activating group) is 1. The number of rotatable bonds is 4. The molecule has 4 rings (SSSR count). The topological polar surface area (TPSA) is 65.8 Å². The average Bonchev–Trinajstić information content (AvgIpc) is 3.08. The fraction of sp³-hybridized carbons (Fsp3) is 0.350. The summed E-state index contributed by atoms with van der Waals surface area (Å²) in [6, 6.07) is 11.9. The second kappa shape index (κ2) is 7.46. The zero-order valence-corrected chi connectivity index (χ0v) is 15.7. The minimum Gasteiger partial charge on any atom is -0.319 e. The van der Waals surface area contributed by atoms with Gasteiger partial charge < -0.3 is 10.2 Å². The predicted molar refractivity (Wildman–Crippen MR) is 105 cm³/mol. The number of hydrogen-bond donors (Lipinski definition) is 1. The van der Waals surface area contributed by atoms with Gasteiger partial charge >= 0.3 is 0 Å². The van der Waals surface area contributed by atoms with Crippen LogP contribution in [0.25, 0.3) is 5.65 Å². The summed E-state index contributed by atoms with van der Waals surface area (Å²) >= 11 is 0. The smallest absolute Gasteiger partial charge is 0.293 e. The van der Waals surface area contributed by atoms with Crippen molar-refractivity contribution in [2.75, 3.05) is 38.5 Å². The number of anilines is 1. The summed E-state index contributed by atoms with van der Waals surface area (Å²) in [5.74, 6) is 0.0182. The molecular weight excluding hydrogens is 340 g/mol. The van der Waals surface area contributed by atoms with Crippen molar-refractivity contribution in [3.05, 3.63) is 59.5 Å². The van der Waals surface area contributed by atoms with Crippen LogP contribution in [0, 0.1) is 6.92 Å². The molecule has 0 atom stereocenters. The third kappa shape index (κ3) is 3.99. The van der Waals surface area contributed by atoms with E-state index in [4.69, 9.17) is 0 Å². The molecule has 3 aromatic rings. The number of hydrogen-bond acceptors (Lipinski definition) is 5. The molecule has 0 radical (unpaired) electrons. The van der Waals surface area contributed by atoms with Crippen molar-refractivity contribution < 1.29 is 4.79 Å². The van der Waals surface area contributed by atoms with E-state index < -0.39 is 0 Å². The van der Waals surface area contributed by atoms with Crippen molar-refractivity contribution in [2.24, 2.45) is 0 Å². The summed E-state index contributed by atoms with van der Waals surface area (Å²) in [4.78, 5) is 17.4. The molecule has 27 heavy (non-hydrogen) atoms. The first-order chi connectivity index (χ1) is 13.1. The molecule has 1 fully saturated rings. The molecule has 0 saturated carbocycles. The minimum atomic E-state index is -0.266. The molecule has 7 nitrogen and oxygen atoms in total. The SMILES string of the molecule is Cc1ccn2c(C(=O)Nc3ccc(CN4CCN(C)CC4)cc3)nnc2c1. The monoisotopic (exact) mass is 364 g/mol. The van der Waals surface area contributed by atoms with Gasteiger partial charge in [-0.05, 0) is 49.4 Å². The van der Waals surface area contributed by atoms with Crippen LogP contribution >= 0.6 is 0 Å². The lowest BCUT2D eigenvalue weighted by atomic mass is 10.2. The highest BCUT2D eigenvalue weighted by Gasteiger charge is 2.16. The standard InChI is InChI=1S/C20H24N6O/c1-15-7-8-26-18(13-15)22-23-19(26)20(27)21-17-5-3-16(4-6-17)14-25-11-9-24(2)10-12-25/h3-8,13H,9-12,14H2,1-2H3,(H,21,27). The summed E-state index contributed by atoms with van der Waals surface area (Å²) in [5.41, 5.74) is 3.76. The van der Waals surface area contributed by atoms with Gasteiger partial charge in [-0.25, -0.2) is 0 Å². The third-order valence-corrected chi connectivity index (χ3v) is 4.98. The molecule has 140 valence electrons. The molecule has 0 unspecified atom stereocenters. The van der Waals surface area contributed by atoms with Crippen LogP contribution in [0.15, 0.2) is 42.6 Å². The number of amides is 1. The average molecular weight is 364 g/mol. The zero-order chi connectivity index (χ0) is 18.8. The fourth-order valence-corrected chi connectivity index (χ4v) is 3.29. The van der Waals surface area contributed by atoms with Crippen LogP contribution in [0.5, 0.6) is 0 Å². The Balaban J connectivity index is 1.41. The first kappa shape index (κ1) is 17.6. The Bertz CT molecular complexity index is 941. The number of carbonyl (C=O) groups is 1. The van der Waals surface area contributed by atoms with Gasteiger partial charge in [0.2, 0.25) is 5.82 Å². The number of nitrogens with one attached hydrogen (secondary N) is 1. The van der Waals surface area contributed by atoms with E-state index in [1.165, 1.54) is 5.56 Å². The number of aryl methyl sites for hydroxylation is 1. The van der Waals surface area contributed by atoms with Gasteiger partial charge in [0, 0.05) is 44.6 Å². The Hall–Kier alpha value is -2.77.